The van der Waals surface area contributed by atoms with Gasteiger partial charge < -0.3 is 19.9 Å². The first-order valence-corrected chi connectivity index (χ1v) is 9.46. The Morgan fingerprint density at radius 1 is 1.16 bits per heavy atom. The van der Waals surface area contributed by atoms with Crippen LogP contribution in [0.5, 0.6) is 0 Å². The highest BCUT2D eigenvalue weighted by molar-refractivity contribution is 5.84. The van der Waals surface area contributed by atoms with Crippen LogP contribution in [-0.4, -0.2) is 48.1 Å². The molecular weight excluding hydrogens is 314 g/mol. The average molecular weight is 341 g/mol. The molecule has 0 aliphatic carbocycles. The van der Waals surface area contributed by atoms with E-state index in [0.29, 0.717) is 12.6 Å². The summed E-state index contributed by atoms with van der Waals surface area (Å²) >= 11 is 0. The van der Waals surface area contributed by atoms with Crippen molar-refractivity contribution < 1.29 is 9.53 Å². The zero-order valence-electron chi connectivity index (χ0n) is 14.7. The fourth-order valence-electron chi connectivity index (χ4n) is 4.21. The number of carbonyl (C=O) groups excluding carboxylic acids is 1. The first-order valence-electron chi connectivity index (χ1n) is 9.46. The van der Waals surface area contributed by atoms with Gasteiger partial charge >= 0.3 is 0 Å². The number of piperidine rings is 1. The van der Waals surface area contributed by atoms with Gasteiger partial charge in [0.2, 0.25) is 5.91 Å². The minimum atomic E-state index is 0.154. The van der Waals surface area contributed by atoms with Crippen LogP contribution in [-0.2, 0) is 16.1 Å². The number of fused-ring (bicyclic) bond motifs is 1. The van der Waals surface area contributed by atoms with Crippen LogP contribution in [0.4, 0.5) is 0 Å². The number of nitrogens with zero attached hydrogens (tertiary/aromatic N) is 1. The molecule has 25 heavy (non-hydrogen) atoms. The Kier molecular flexibility index (Phi) is 5.04. The van der Waals surface area contributed by atoms with Crippen LogP contribution in [0.15, 0.2) is 30.5 Å². The third kappa shape index (κ3) is 3.72. The van der Waals surface area contributed by atoms with Crippen molar-refractivity contribution in [3.8, 4) is 0 Å². The Morgan fingerprint density at radius 2 is 1.96 bits per heavy atom. The van der Waals surface area contributed by atoms with Crippen LogP contribution < -0.4 is 5.32 Å². The van der Waals surface area contributed by atoms with E-state index in [9.17, 15) is 4.79 Å². The second-order valence-electron chi connectivity index (χ2n) is 7.23. The number of nitrogens with one attached hydrogen (secondary N) is 2. The highest BCUT2D eigenvalue weighted by Gasteiger charge is 2.29. The number of aromatic amines is 1. The second-order valence-corrected chi connectivity index (χ2v) is 7.23. The smallest absolute Gasteiger partial charge is 0.223 e. The lowest BCUT2D eigenvalue weighted by Gasteiger charge is -2.38. The molecule has 1 amide bonds. The molecule has 0 atom stereocenters. The monoisotopic (exact) mass is 341 g/mol. The summed E-state index contributed by atoms with van der Waals surface area (Å²) < 4.78 is 5.46. The molecule has 1 aromatic carbocycles. The van der Waals surface area contributed by atoms with Gasteiger partial charge in [0.1, 0.15) is 0 Å². The fraction of sp³-hybridized carbons (Fsp3) is 0.550. The molecule has 2 fully saturated rings. The molecule has 5 heteroatoms. The van der Waals surface area contributed by atoms with E-state index in [0.717, 1.165) is 57.5 Å². The Hall–Kier alpha value is -1.85. The molecule has 0 saturated carbocycles. The topological polar surface area (TPSA) is 57.4 Å². The predicted molar refractivity (Wildman–Crippen MR) is 98.3 cm³/mol. The van der Waals surface area contributed by atoms with Gasteiger partial charge in [0, 0.05) is 48.8 Å². The molecule has 2 aliphatic rings. The lowest BCUT2D eigenvalue weighted by Crippen LogP contribution is -2.46. The summed E-state index contributed by atoms with van der Waals surface area (Å²) in [4.78, 5) is 18.4. The number of amides is 1. The summed E-state index contributed by atoms with van der Waals surface area (Å²) in [5.74, 6) is 0.362. The van der Waals surface area contributed by atoms with Gasteiger partial charge in [0.25, 0.3) is 0 Å². The van der Waals surface area contributed by atoms with E-state index in [-0.39, 0.29) is 11.8 Å². The highest BCUT2D eigenvalue weighted by atomic mass is 16.5. The van der Waals surface area contributed by atoms with Crippen LogP contribution in [0.1, 0.15) is 31.2 Å². The number of H-pyrrole nitrogens is 1. The SMILES string of the molecule is O=C(NCc1cccc2[nH]ccc12)C1CCN(C2CCOCC2)CC1. The number of hydrogen-bond acceptors (Lipinski definition) is 3. The van der Waals surface area contributed by atoms with E-state index in [4.69, 9.17) is 4.74 Å². The number of hydrogen-bond donors (Lipinski definition) is 2. The summed E-state index contributed by atoms with van der Waals surface area (Å²) in [6, 6.07) is 8.91. The van der Waals surface area contributed by atoms with Gasteiger partial charge in [-0.3, -0.25) is 4.79 Å². The molecule has 2 N–H and O–H groups in total. The molecule has 0 radical (unpaired) electrons. The Morgan fingerprint density at radius 3 is 2.76 bits per heavy atom. The van der Waals surface area contributed by atoms with Crippen molar-refractivity contribution in [3.05, 3.63) is 36.0 Å². The number of rotatable bonds is 4. The van der Waals surface area contributed by atoms with Gasteiger partial charge in [-0.25, -0.2) is 0 Å². The second kappa shape index (κ2) is 7.58. The van der Waals surface area contributed by atoms with Gasteiger partial charge in [-0.1, -0.05) is 12.1 Å². The molecule has 2 aromatic rings. The zero-order valence-corrected chi connectivity index (χ0v) is 14.7. The van der Waals surface area contributed by atoms with Crippen LogP contribution in [0.2, 0.25) is 0 Å². The lowest BCUT2D eigenvalue weighted by atomic mass is 9.93. The highest BCUT2D eigenvalue weighted by Crippen LogP contribution is 2.24. The van der Waals surface area contributed by atoms with Gasteiger partial charge in [-0.15, -0.1) is 0 Å². The van der Waals surface area contributed by atoms with Gasteiger partial charge in [-0.2, -0.15) is 0 Å². The van der Waals surface area contributed by atoms with Crippen LogP contribution in [0.3, 0.4) is 0 Å². The van der Waals surface area contributed by atoms with E-state index in [1.165, 1.54) is 10.9 Å². The van der Waals surface area contributed by atoms with Crippen LogP contribution >= 0.6 is 0 Å². The van der Waals surface area contributed by atoms with Crippen molar-refractivity contribution >= 4 is 16.8 Å². The first-order chi connectivity index (χ1) is 12.3. The summed E-state index contributed by atoms with van der Waals surface area (Å²) in [6.07, 6.45) is 6.16. The zero-order chi connectivity index (χ0) is 17.1. The van der Waals surface area contributed by atoms with Crippen LogP contribution in [0, 0.1) is 5.92 Å². The Labute approximate surface area is 148 Å². The maximum absolute atomic E-state index is 12.6. The van der Waals surface area contributed by atoms with Gasteiger partial charge in [0.05, 0.1) is 0 Å². The number of benzene rings is 1. The Balaban J connectivity index is 1.28. The van der Waals surface area contributed by atoms with Gasteiger partial charge in [0.15, 0.2) is 0 Å². The molecule has 134 valence electrons. The third-order valence-electron chi connectivity index (χ3n) is 5.75. The molecular formula is C20H27N3O2. The summed E-state index contributed by atoms with van der Waals surface area (Å²) in [7, 11) is 0. The summed E-state index contributed by atoms with van der Waals surface area (Å²) in [5, 5.41) is 4.35. The van der Waals surface area contributed by atoms with E-state index in [2.05, 4.69) is 33.4 Å². The fourth-order valence-corrected chi connectivity index (χ4v) is 4.21. The van der Waals surface area contributed by atoms with E-state index in [1.807, 2.05) is 12.3 Å². The summed E-state index contributed by atoms with van der Waals surface area (Å²) in [6.45, 7) is 4.45. The molecule has 0 unspecified atom stereocenters. The molecule has 2 saturated heterocycles. The molecule has 4 rings (SSSR count). The third-order valence-corrected chi connectivity index (χ3v) is 5.75. The Bertz CT molecular complexity index is 713. The van der Waals surface area contributed by atoms with Crippen molar-refractivity contribution in [2.45, 2.75) is 38.3 Å². The predicted octanol–water partition coefficient (Wildman–Crippen LogP) is 2.68. The summed E-state index contributed by atoms with van der Waals surface area (Å²) in [5.41, 5.74) is 2.29. The van der Waals surface area contributed by atoms with Crippen molar-refractivity contribution in [3.63, 3.8) is 0 Å². The number of aromatic nitrogens is 1. The average Bonchev–Trinajstić information content (AvgIpc) is 3.16. The van der Waals surface area contributed by atoms with Crippen molar-refractivity contribution in [1.82, 2.24) is 15.2 Å². The number of likely N-dealkylation sites (tertiary alicyclic amines) is 1. The van der Waals surface area contributed by atoms with E-state index in [1.54, 1.807) is 0 Å². The molecule has 5 nitrogen and oxygen atoms in total. The minimum absolute atomic E-state index is 0.154. The molecule has 3 heterocycles. The van der Waals surface area contributed by atoms with Crippen molar-refractivity contribution in [2.24, 2.45) is 5.92 Å². The van der Waals surface area contributed by atoms with Crippen molar-refractivity contribution in [1.29, 1.82) is 0 Å². The number of ether oxygens (including phenoxy) is 1. The standard InChI is InChI=1S/C20H27N3O2/c24-20(22-14-16-2-1-3-19-18(16)4-9-21-19)15-5-10-23(11-6-15)17-7-12-25-13-8-17/h1-4,9,15,17,21H,5-8,10-14H2,(H,22,24). The molecule has 0 bridgehead atoms. The lowest BCUT2D eigenvalue weighted by molar-refractivity contribution is -0.127. The van der Waals surface area contributed by atoms with Crippen molar-refractivity contribution in [2.75, 3.05) is 26.3 Å². The number of carbonyl (C=O) groups is 1. The molecule has 1 aromatic heterocycles. The quantitative estimate of drug-likeness (QED) is 0.899. The largest absolute Gasteiger partial charge is 0.381 e. The maximum atomic E-state index is 12.6. The normalized spacial score (nSPS) is 20.8. The first kappa shape index (κ1) is 16.6. The molecule has 2 aliphatic heterocycles. The maximum Gasteiger partial charge on any atom is 0.223 e. The van der Waals surface area contributed by atoms with Gasteiger partial charge in [-0.05, 0) is 56.5 Å². The minimum Gasteiger partial charge on any atom is -0.381 e. The van der Waals surface area contributed by atoms with E-state index < -0.39 is 0 Å². The van der Waals surface area contributed by atoms with E-state index >= 15 is 0 Å². The van der Waals surface area contributed by atoms with Crippen LogP contribution in [0.25, 0.3) is 10.9 Å². The molecule has 0 spiro atoms.